The molecule has 20 heavy (non-hydrogen) atoms. The molecular formula is C15H20INO3. The highest BCUT2D eigenvalue weighted by Gasteiger charge is 2.10. The second kappa shape index (κ2) is 9.07. The second-order valence-electron chi connectivity index (χ2n) is 4.83. The van der Waals surface area contributed by atoms with E-state index in [1.165, 1.54) is 0 Å². The number of nitrogens with two attached hydrogens (primary N) is 1. The average Bonchev–Trinajstić information content (AvgIpc) is 2.42. The minimum absolute atomic E-state index is 0.170. The van der Waals surface area contributed by atoms with E-state index in [0.29, 0.717) is 12.8 Å². The first-order valence-corrected chi connectivity index (χ1v) is 7.85. The van der Waals surface area contributed by atoms with Crippen molar-refractivity contribution in [2.45, 2.75) is 44.6 Å². The molecule has 0 aliphatic carbocycles. The van der Waals surface area contributed by atoms with Crippen LogP contribution in [0.15, 0.2) is 24.3 Å². The van der Waals surface area contributed by atoms with Crippen LogP contribution in [-0.4, -0.2) is 22.9 Å². The summed E-state index contributed by atoms with van der Waals surface area (Å²) in [5, 5.41) is 8.63. The number of ketones is 1. The Morgan fingerprint density at radius 1 is 1.10 bits per heavy atom. The predicted octanol–water partition coefficient (Wildman–Crippen LogP) is 3.23. The number of carbonyl (C=O) groups is 2. The van der Waals surface area contributed by atoms with Crippen LogP contribution in [0, 0.1) is 3.57 Å². The maximum absolute atomic E-state index is 11.9. The van der Waals surface area contributed by atoms with Crippen molar-refractivity contribution in [1.29, 1.82) is 0 Å². The zero-order valence-corrected chi connectivity index (χ0v) is 13.5. The van der Waals surface area contributed by atoms with E-state index < -0.39 is 12.0 Å². The number of benzene rings is 1. The minimum Gasteiger partial charge on any atom is -0.480 e. The smallest absolute Gasteiger partial charge is 0.320 e. The Hall–Kier alpha value is -0.950. The fraction of sp³-hybridized carbons (Fsp3) is 0.467. The molecule has 0 fully saturated rings. The van der Waals surface area contributed by atoms with Gasteiger partial charge in [-0.1, -0.05) is 31.4 Å². The fourth-order valence-corrected chi connectivity index (χ4v) is 2.27. The van der Waals surface area contributed by atoms with E-state index in [-0.39, 0.29) is 5.78 Å². The van der Waals surface area contributed by atoms with Crippen LogP contribution in [-0.2, 0) is 4.79 Å². The summed E-state index contributed by atoms with van der Waals surface area (Å²) in [7, 11) is 0. The number of carbonyl (C=O) groups excluding carboxylic acids is 1. The lowest BCUT2D eigenvalue weighted by atomic mass is 10.0. The lowest BCUT2D eigenvalue weighted by molar-refractivity contribution is -0.138. The Morgan fingerprint density at radius 3 is 2.30 bits per heavy atom. The van der Waals surface area contributed by atoms with Gasteiger partial charge in [-0.05, 0) is 47.6 Å². The van der Waals surface area contributed by atoms with Crippen LogP contribution in [0.25, 0.3) is 0 Å². The van der Waals surface area contributed by atoms with Gasteiger partial charge in [0.15, 0.2) is 5.78 Å². The van der Waals surface area contributed by atoms with Gasteiger partial charge in [0.1, 0.15) is 6.04 Å². The number of aliphatic carboxylic acids is 1. The van der Waals surface area contributed by atoms with Crippen molar-refractivity contribution in [3.05, 3.63) is 33.4 Å². The van der Waals surface area contributed by atoms with E-state index in [1.54, 1.807) is 0 Å². The first-order chi connectivity index (χ1) is 9.50. The van der Waals surface area contributed by atoms with Gasteiger partial charge < -0.3 is 10.8 Å². The van der Waals surface area contributed by atoms with Crippen molar-refractivity contribution in [3.63, 3.8) is 0 Å². The summed E-state index contributed by atoms with van der Waals surface area (Å²) < 4.78 is 1.12. The van der Waals surface area contributed by atoms with Crippen LogP contribution < -0.4 is 5.73 Å². The van der Waals surface area contributed by atoms with Crippen LogP contribution in [0.3, 0.4) is 0 Å². The topological polar surface area (TPSA) is 80.4 Å². The van der Waals surface area contributed by atoms with Crippen molar-refractivity contribution in [2.24, 2.45) is 5.73 Å². The molecule has 0 bridgehead atoms. The van der Waals surface area contributed by atoms with Crippen molar-refractivity contribution >= 4 is 34.3 Å². The highest BCUT2D eigenvalue weighted by atomic mass is 127. The molecule has 0 amide bonds. The molecule has 5 heteroatoms. The number of Topliss-reactive ketones (excluding diaryl/α,β-unsaturated/α-hetero) is 1. The molecule has 0 heterocycles. The van der Waals surface area contributed by atoms with E-state index in [2.05, 4.69) is 22.6 Å². The first-order valence-electron chi connectivity index (χ1n) is 6.78. The average molecular weight is 389 g/mol. The molecule has 0 aromatic heterocycles. The summed E-state index contributed by atoms with van der Waals surface area (Å²) in [6, 6.07) is 6.82. The van der Waals surface area contributed by atoms with Gasteiger partial charge in [0, 0.05) is 15.6 Å². The Kier molecular flexibility index (Phi) is 7.76. The number of hydrogen-bond donors (Lipinski definition) is 2. The number of carboxylic acids is 1. The van der Waals surface area contributed by atoms with Crippen molar-refractivity contribution in [1.82, 2.24) is 0 Å². The molecular weight excluding hydrogens is 369 g/mol. The van der Waals surface area contributed by atoms with Crippen molar-refractivity contribution < 1.29 is 14.7 Å². The molecule has 0 aliphatic heterocycles. The zero-order chi connectivity index (χ0) is 15.0. The number of carboxylic acid groups (broad SMARTS) is 1. The lowest BCUT2D eigenvalue weighted by Gasteiger charge is -2.05. The van der Waals surface area contributed by atoms with Gasteiger partial charge >= 0.3 is 5.97 Å². The normalized spacial score (nSPS) is 12.1. The first kappa shape index (κ1) is 17.1. The molecule has 110 valence electrons. The van der Waals surface area contributed by atoms with Gasteiger partial charge in [-0.3, -0.25) is 9.59 Å². The highest BCUT2D eigenvalue weighted by Crippen LogP contribution is 2.12. The molecule has 3 N–H and O–H groups in total. The van der Waals surface area contributed by atoms with E-state index in [4.69, 9.17) is 10.8 Å². The molecule has 0 spiro atoms. The molecule has 1 aromatic carbocycles. The Labute approximate surface area is 132 Å². The molecule has 0 radical (unpaired) electrons. The number of rotatable bonds is 9. The molecule has 1 rings (SSSR count). The third-order valence-corrected chi connectivity index (χ3v) is 3.87. The van der Waals surface area contributed by atoms with E-state index in [9.17, 15) is 9.59 Å². The third kappa shape index (κ3) is 6.47. The molecule has 0 aliphatic rings. The lowest BCUT2D eigenvalue weighted by Crippen LogP contribution is -2.29. The van der Waals surface area contributed by atoms with Gasteiger partial charge in [-0.2, -0.15) is 0 Å². The summed E-state index contributed by atoms with van der Waals surface area (Å²) in [6.45, 7) is 0. The molecule has 0 saturated heterocycles. The molecule has 1 aromatic rings. The number of unbranched alkanes of at least 4 members (excludes halogenated alkanes) is 3. The standard InChI is InChI=1S/C15H20INO3/c16-12-9-7-11(8-10-12)14(18)6-4-2-1-3-5-13(17)15(19)20/h7-10,13H,1-6,17H2,(H,19,20). The minimum atomic E-state index is -0.945. The molecule has 0 saturated carbocycles. The summed E-state index contributed by atoms with van der Waals surface area (Å²) >= 11 is 2.21. The largest absolute Gasteiger partial charge is 0.480 e. The maximum atomic E-state index is 11.9. The highest BCUT2D eigenvalue weighted by molar-refractivity contribution is 14.1. The SMILES string of the molecule is NC(CCCCCCC(=O)c1ccc(I)cc1)C(=O)O. The van der Waals surface area contributed by atoms with Gasteiger partial charge in [0.25, 0.3) is 0 Å². The Morgan fingerprint density at radius 2 is 1.70 bits per heavy atom. The quantitative estimate of drug-likeness (QED) is 0.386. The van der Waals surface area contributed by atoms with Gasteiger partial charge in [0.2, 0.25) is 0 Å². The number of hydrogen-bond acceptors (Lipinski definition) is 3. The maximum Gasteiger partial charge on any atom is 0.320 e. The van der Waals surface area contributed by atoms with Gasteiger partial charge in [-0.15, -0.1) is 0 Å². The summed E-state index contributed by atoms with van der Waals surface area (Å²) in [6.07, 6.45) is 4.54. The molecule has 4 nitrogen and oxygen atoms in total. The molecule has 1 unspecified atom stereocenters. The van der Waals surface area contributed by atoms with Crippen LogP contribution >= 0.6 is 22.6 Å². The second-order valence-corrected chi connectivity index (χ2v) is 6.07. The third-order valence-electron chi connectivity index (χ3n) is 3.15. The Bertz CT molecular complexity index is 445. The summed E-state index contributed by atoms with van der Waals surface area (Å²) in [5.41, 5.74) is 6.18. The monoisotopic (exact) mass is 389 g/mol. The van der Waals surface area contributed by atoms with E-state index in [1.807, 2.05) is 24.3 Å². The van der Waals surface area contributed by atoms with E-state index >= 15 is 0 Å². The molecule has 1 atom stereocenters. The van der Waals surface area contributed by atoms with Crippen LogP contribution in [0.1, 0.15) is 48.9 Å². The Balaban J connectivity index is 2.14. The summed E-state index contributed by atoms with van der Waals surface area (Å²) in [5.74, 6) is -0.775. The van der Waals surface area contributed by atoms with E-state index in [0.717, 1.165) is 34.8 Å². The van der Waals surface area contributed by atoms with Crippen molar-refractivity contribution in [2.75, 3.05) is 0 Å². The van der Waals surface area contributed by atoms with Crippen molar-refractivity contribution in [3.8, 4) is 0 Å². The van der Waals surface area contributed by atoms with Gasteiger partial charge in [-0.25, -0.2) is 0 Å². The van der Waals surface area contributed by atoms with Crippen LogP contribution in [0.4, 0.5) is 0 Å². The van der Waals surface area contributed by atoms with Crippen LogP contribution in [0.2, 0.25) is 0 Å². The van der Waals surface area contributed by atoms with Crippen LogP contribution in [0.5, 0.6) is 0 Å². The summed E-state index contributed by atoms with van der Waals surface area (Å²) in [4.78, 5) is 22.4. The van der Waals surface area contributed by atoms with Gasteiger partial charge in [0.05, 0.1) is 0 Å². The zero-order valence-electron chi connectivity index (χ0n) is 11.3. The predicted molar refractivity (Wildman–Crippen MR) is 86.8 cm³/mol. The fourth-order valence-electron chi connectivity index (χ4n) is 1.91. The number of halogens is 1.